The predicted molar refractivity (Wildman–Crippen MR) is 76.6 cm³/mol. The third kappa shape index (κ3) is 2.77. The van der Waals surface area contributed by atoms with E-state index >= 15 is 0 Å². The summed E-state index contributed by atoms with van der Waals surface area (Å²) in [6.07, 6.45) is 4.26. The molecule has 104 valence electrons. The molecule has 0 radical (unpaired) electrons. The van der Waals surface area contributed by atoms with Crippen LogP contribution in [-0.4, -0.2) is 31.5 Å². The van der Waals surface area contributed by atoms with Gasteiger partial charge in [-0.3, -0.25) is 0 Å². The van der Waals surface area contributed by atoms with Crippen molar-refractivity contribution in [1.82, 2.24) is 0 Å². The number of anilines is 1. The lowest BCUT2D eigenvalue weighted by Gasteiger charge is -2.38. The second-order valence-electron chi connectivity index (χ2n) is 5.68. The van der Waals surface area contributed by atoms with Crippen LogP contribution in [-0.2, 0) is 15.9 Å². The summed E-state index contributed by atoms with van der Waals surface area (Å²) in [7, 11) is 0. The fourth-order valence-corrected chi connectivity index (χ4v) is 3.20. The Bertz CT molecular complexity index is 427. The van der Waals surface area contributed by atoms with Crippen LogP contribution >= 0.6 is 0 Å². The van der Waals surface area contributed by atoms with E-state index in [1.54, 1.807) is 0 Å². The van der Waals surface area contributed by atoms with Crippen LogP contribution in [0.15, 0.2) is 24.3 Å². The molecular weight excluding hydrogens is 238 g/mol. The second-order valence-corrected chi connectivity index (χ2v) is 5.68. The highest BCUT2D eigenvalue weighted by Crippen LogP contribution is 2.34. The fourth-order valence-electron chi connectivity index (χ4n) is 3.20. The third-order valence-electron chi connectivity index (χ3n) is 4.32. The molecule has 2 saturated heterocycles. The molecule has 1 aromatic carbocycles. The van der Waals surface area contributed by atoms with Gasteiger partial charge in [-0.25, -0.2) is 0 Å². The van der Waals surface area contributed by atoms with E-state index in [2.05, 4.69) is 36.5 Å². The monoisotopic (exact) mass is 261 g/mol. The van der Waals surface area contributed by atoms with E-state index in [0.29, 0.717) is 6.04 Å². The van der Waals surface area contributed by atoms with Crippen molar-refractivity contribution in [3.63, 3.8) is 0 Å². The molecule has 2 aliphatic heterocycles. The Balaban J connectivity index is 1.69. The molecular formula is C16H23NO2. The zero-order valence-electron chi connectivity index (χ0n) is 11.7. The molecule has 2 aliphatic rings. The number of para-hydroxylation sites is 1. The number of benzene rings is 1. The summed E-state index contributed by atoms with van der Waals surface area (Å²) in [6, 6.07) is 9.11. The molecule has 1 N–H and O–H groups in total. The Morgan fingerprint density at radius 2 is 2.21 bits per heavy atom. The van der Waals surface area contributed by atoms with Gasteiger partial charge in [0.1, 0.15) is 0 Å². The molecule has 2 heterocycles. The highest BCUT2D eigenvalue weighted by atomic mass is 16.6. The van der Waals surface area contributed by atoms with Crippen molar-refractivity contribution in [2.45, 2.75) is 44.2 Å². The first kappa shape index (κ1) is 12.9. The Labute approximate surface area is 115 Å². The molecule has 3 heteroatoms. The normalized spacial score (nSPS) is 30.7. The molecule has 0 aromatic heterocycles. The lowest BCUT2D eigenvalue weighted by Crippen LogP contribution is -2.45. The Kier molecular flexibility index (Phi) is 3.76. The minimum atomic E-state index is -0.0168. The van der Waals surface area contributed by atoms with E-state index in [9.17, 15) is 0 Å². The van der Waals surface area contributed by atoms with Crippen LogP contribution in [0, 0.1) is 0 Å². The first-order valence-electron chi connectivity index (χ1n) is 7.37. The van der Waals surface area contributed by atoms with Crippen molar-refractivity contribution >= 4 is 5.69 Å². The molecule has 2 fully saturated rings. The van der Waals surface area contributed by atoms with Gasteiger partial charge in [0.05, 0.1) is 12.2 Å². The quantitative estimate of drug-likeness (QED) is 0.907. The van der Waals surface area contributed by atoms with E-state index in [4.69, 9.17) is 9.47 Å². The molecule has 2 unspecified atom stereocenters. The standard InChI is InChI=1S/C16H23NO2/c1-2-13-5-3-4-6-15(13)17-14-7-9-19-16(11-14)8-10-18-12-16/h3-6,14,17H,2,7-12H2,1H3. The number of ether oxygens (including phenoxy) is 2. The zero-order valence-corrected chi connectivity index (χ0v) is 11.7. The zero-order chi connectivity index (χ0) is 13.1. The van der Waals surface area contributed by atoms with Crippen molar-refractivity contribution in [2.75, 3.05) is 25.1 Å². The second kappa shape index (κ2) is 5.51. The molecule has 0 saturated carbocycles. The van der Waals surface area contributed by atoms with Gasteiger partial charge in [0.2, 0.25) is 0 Å². The van der Waals surface area contributed by atoms with Gasteiger partial charge in [0.15, 0.2) is 0 Å². The number of rotatable bonds is 3. The van der Waals surface area contributed by atoms with Crippen LogP contribution in [0.25, 0.3) is 0 Å². The fraction of sp³-hybridized carbons (Fsp3) is 0.625. The number of aryl methyl sites for hydroxylation is 1. The van der Waals surface area contributed by atoms with Crippen molar-refractivity contribution in [3.05, 3.63) is 29.8 Å². The van der Waals surface area contributed by atoms with Crippen molar-refractivity contribution < 1.29 is 9.47 Å². The molecule has 2 atom stereocenters. The summed E-state index contributed by atoms with van der Waals surface area (Å²) in [5.41, 5.74) is 2.66. The largest absolute Gasteiger partial charge is 0.382 e. The summed E-state index contributed by atoms with van der Waals surface area (Å²) in [6.45, 7) is 4.66. The lowest BCUT2D eigenvalue weighted by atomic mass is 9.89. The van der Waals surface area contributed by atoms with Gasteiger partial charge in [-0.05, 0) is 30.9 Å². The average Bonchev–Trinajstić information content (AvgIpc) is 2.87. The number of nitrogens with one attached hydrogen (secondary N) is 1. The van der Waals surface area contributed by atoms with E-state index in [1.165, 1.54) is 11.3 Å². The summed E-state index contributed by atoms with van der Waals surface area (Å²) in [4.78, 5) is 0. The van der Waals surface area contributed by atoms with E-state index in [1.807, 2.05) is 0 Å². The minimum Gasteiger partial charge on any atom is -0.382 e. The maximum absolute atomic E-state index is 5.99. The molecule has 0 bridgehead atoms. The van der Waals surface area contributed by atoms with Gasteiger partial charge in [0, 0.05) is 31.4 Å². The first-order valence-corrected chi connectivity index (χ1v) is 7.37. The van der Waals surface area contributed by atoms with Gasteiger partial charge in [-0.2, -0.15) is 0 Å². The summed E-state index contributed by atoms with van der Waals surface area (Å²) >= 11 is 0. The third-order valence-corrected chi connectivity index (χ3v) is 4.32. The van der Waals surface area contributed by atoms with Crippen molar-refractivity contribution in [3.8, 4) is 0 Å². The number of hydrogen-bond acceptors (Lipinski definition) is 3. The molecule has 19 heavy (non-hydrogen) atoms. The van der Waals surface area contributed by atoms with Crippen molar-refractivity contribution in [1.29, 1.82) is 0 Å². The summed E-state index contributed by atoms with van der Waals surface area (Å²) in [5.74, 6) is 0. The van der Waals surface area contributed by atoms with Crippen molar-refractivity contribution in [2.24, 2.45) is 0 Å². The van der Waals surface area contributed by atoms with Crippen LogP contribution in [0.2, 0.25) is 0 Å². The highest BCUT2D eigenvalue weighted by molar-refractivity contribution is 5.51. The Morgan fingerprint density at radius 1 is 1.32 bits per heavy atom. The van der Waals surface area contributed by atoms with Gasteiger partial charge in [-0.15, -0.1) is 0 Å². The maximum Gasteiger partial charge on any atom is 0.0956 e. The highest BCUT2D eigenvalue weighted by Gasteiger charge is 2.41. The molecule has 1 spiro atoms. The van der Waals surface area contributed by atoms with E-state index in [0.717, 1.165) is 45.5 Å². The van der Waals surface area contributed by atoms with Gasteiger partial charge >= 0.3 is 0 Å². The average molecular weight is 261 g/mol. The summed E-state index contributed by atoms with van der Waals surface area (Å²) in [5, 5.41) is 3.72. The number of hydrogen-bond donors (Lipinski definition) is 1. The Morgan fingerprint density at radius 3 is 3.00 bits per heavy atom. The molecule has 3 nitrogen and oxygen atoms in total. The minimum absolute atomic E-state index is 0.0168. The lowest BCUT2D eigenvalue weighted by molar-refractivity contribution is -0.0828. The van der Waals surface area contributed by atoms with Crippen LogP contribution in [0.4, 0.5) is 5.69 Å². The Hall–Kier alpha value is -1.06. The van der Waals surface area contributed by atoms with Crippen LogP contribution in [0.5, 0.6) is 0 Å². The first-order chi connectivity index (χ1) is 9.31. The smallest absolute Gasteiger partial charge is 0.0956 e. The molecule has 3 rings (SSSR count). The summed E-state index contributed by atoms with van der Waals surface area (Å²) < 4.78 is 11.5. The van der Waals surface area contributed by atoms with Crippen LogP contribution in [0.3, 0.4) is 0 Å². The van der Waals surface area contributed by atoms with Crippen LogP contribution < -0.4 is 5.32 Å². The van der Waals surface area contributed by atoms with E-state index < -0.39 is 0 Å². The van der Waals surface area contributed by atoms with E-state index in [-0.39, 0.29) is 5.60 Å². The van der Waals surface area contributed by atoms with Gasteiger partial charge in [-0.1, -0.05) is 25.1 Å². The SMILES string of the molecule is CCc1ccccc1NC1CCOC2(CCOC2)C1. The molecule has 0 amide bonds. The molecule has 0 aliphatic carbocycles. The van der Waals surface area contributed by atoms with Gasteiger partial charge < -0.3 is 14.8 Å². The predicted octanol–water partition coefficient (Wildman–Crippen LogP) is 3.00. The van der Waals surface area contributed by atoms with Crippen LogP contribution in [0.1, 0.15) is 31.7 Å². The maximum atomic E-state index is 5.99. The molecule has 1 aromatic rings. The topological polar surface area (TPSA) is 30.5 Å². The van der Waals surface area contributed by atoms with Gasteiger partial charge in [0.25, 0.3) is 0 Å².